The maximum absolute atomic E-state index is 13.3. The van der Waals surface area contributed by atoms with E-state index in [4.69, 9.17) is 22.4 Å². The fourth-order valence-corrected chi connectivity index (χ4v) is 1.73. The van der Waals surface area contributed by atoms with Crippen molar-refractivity contribution in [1.29, 1.82) is 0 Å². The zero-order chi connectivity index (χ0) is 13.3. The van der Waals surface area contributed by atoms with Gasteiger partial charge in [-0.1, -0.05) is 23.7 Å². The first kappa shape index (κ1) is 12.4. The van der Waals surface area contributed by atoms with Crippen molar-refractivity contribution >= 4 is 23.3 Å². The molecule has 0 unspecified atom stereocenters. The van der Waals surface area contributed by atoms with Crippen molar-refractivity contribution in [2.75, 3.05) is 5.73 Å². The summed E-state index contributed by atoms with van der Waals surface area (Å²) >= 11 is 5.59. The van der Waals surface area contributed by atoms with E-state index >= 15 is 0 Å². The van der Waals surface area contributed by atoms with Crippen LogP contribution in [0.5, 0.6) is 0 Å². The zero-order valence-corrected chi connectivity index (χ0v) is 9.91. The first-order valence-corrected chi connectivity index (χ1v) is 5.45. The van der Waals surface area contributed by atoms with Gasteiger partial charge in [-0.15, -0.1) is 0 Å². The number of rotatable bonds is 2. The van der Waals surface area contributed by atoms with Crippen molar-refractivity contribution in [1.82, 2.24) is 0 Å². The quantitative estimate of drug-likeness (QED) is 0.818. The predicted molar refractivity (Wildman–Crippen MR) is 68.2 cm³/mol. The molecular weight excluding hydrogens is 257 g/mol. The summed E-state index contributed by atoms with van der Waals surface area (Å²) in [5.41, 5.74) is 7.00. The molecule has 0 amide bonds. The minimum absolute atomic E-state index is 0.0215. The molecule has 0 saturated carbocycles. The molecule has 92 valence electrons. The highest BCUT2D eigenvalue weighted by atomic mass is 35.5. The summed E-state index contributed by atoms with van der Waals surface area (Å²) < 4.78 is 13.3. The van der Waals surface area contributed by atoms with Gasteiger partial charge in [-0.25, -0.2) is 9.18 Å². The summed E-state index contributed by atoms with van der Waals surface area (Å²) in [4.78, 5) is 10.8. The predicted octanol–water partition coefficient (Wildman–Crippen LogP) is 3.43. The second-order valence-electron chi connectivity index (χ2n) is 3.74. The van der Waals surface area contributed by atoms with E-state index in [0.717, 1.165) is 0 Å². The average molecular weight is 266 g/mol. The van der Waals surface area contributed by atoms with Gasteiger partial charge in [0.2, 0.25) is 0 Å². The minimum Gasteiger partial charge on any atom is -0.478 e. The van der Waals surface area contributed by atoms with Crippen molar-refractivity contribution in [3.05, 3.63) is 52.8 Å². The minimum atomic E-state index is -1.10. The molecule has 0 bridgehead atoms. The smallest absolute Gasteiger partial charge is 0.337 e. The Morgan fingerprint density at radius 3 is 2.33 bits per heavy atom. The lowest BCUT2D eigenvalue weighted by Crippen LogP contribution is -2.02. The number of hydrogen-bond acceptors (Lipinski definition) is 2. The largest absolute Gasteiger partial charge is 0.478 e. The van der Waals surface area contributed by atoms with Crippen LogP contribution in [0.4, 0.5) is 10.1 Å². The number of aromatic carboxylic acids is 1. The number of carboxylic acid groups (broad SMARTS) is 1. The van der Waals surface area contributed by atoms with E-state index in [9.17, 15) is 9.18 Å². The summed E-state index contributed by atoms with van der Waals surface area (Å²) in [5, 5.41) is 8.89. The molecule has 2 rings (SSSR count). The van der Waals surface area contributed by atoms with E-state index in [1.54, 1.807) is 12.1 Å². The highest BCUT2D eigenvalue weighted by Crippen LogP contribution is 2.27. The molecule has 3 nitrogen and oxygen atoms in total. The zero-order valence-electron chi connectivity index (χ0n) is 9.15. The van der Waals surface area contributed by atoms with Gasteiger partial charge in [0, 0.05) is 5.69 Å². The molecule has 0 heterocycles. The van der Waals surface area contributed by atoms with Crippen molar-refractivity contribution in [3.8, 4) is 11.1 Å². The Bertz CT molecular complexity index is 628. The molecule has 0 saturated heterocycles. The van der Waals surface area contributed by atoms with Gasteiger partial charge in [0.05, 0.1) is 10.6 Å². The third-order valence-electron chi connectivity index (χ3n) is 2.53. The third kappa shape index (κ3) is 2.28. The first-order valence-electron chi connectivity index (χ1n) is 5.07. The molecule has 2 aromatic rings. The lowest BCUT2D eigenvalue weighted by molar-refractivity contribution is 0.0698. The van der Waals surface area contributed by atoms with Crippen LogP contribution in [-0.2, 0) is 0 Å². The maximum atomic E-state index is 13.3. The Hall–Kier alpha value is -2.07. The second-order valence-corrected chi connectivity index (χ2v) is 4.14. The Labute approximate surface area is 108 Å². The number of carbonyl (C=O) groups is 1. The molecule has 2 aromatic carbocycles. The van der Waals surface area contributed by atoms with E-state index in [1.165, 1.54) is 24.3 Å². The van der Waals surface area contributed by atoms with Crippen LogP contribution in [0.25, 0.3) is 11.1 Å². The third-order valence-corrected chi connectivity index (χ3v) is 2.84. The molecule has 0 fully saturated rings. The summed E-state index contributed by atoms with van der Waals surface area (Å²) in [7, 11) is 0. The van der Waals surface area contributed by atoms with Gasteiger partial charge in [-0.2, -0.15) is 0 Å². The number of anilines is 1. The van der Waals surface area contributed by atoms with Gasteiger partial charge >= 0.3 is 5.97 Å². The topological polar surface area (TPSA) is 63.3 Å². The molecule has 5 heteroatoms. The number of halogens is 2. The number of benzene rings is 2. The van der Waals surface area contributed by atoms with E-state index in [2.05, 4.69) is 0 Å². The average Bonchev–Trinajstić information content (AvgIpc) is 2.32. The molecule has 0 aliphatic rings. The summed E-state index contributed by atoms with van der Waals surface area (Å²) in [6.45, 7) is 0. The number of nitrogens with two attached hydrogens (primary N) is 1. The van der Waals surface area contributed by atoms with Gasteiger partial charge < -0.3 is 10.8 Å². The van der Waals surface area contributed by atoms with Crippen LogP contribution >= 0.6 is 11.6 Å². The Morgan fingerprint density at radius 2 is 1.78 bits per heavy atom. The van der Waals surface area contributed by atoms with Gasteiger partial charge in [-0.05, 0) is 35.4 Å². The molecule has 3 N–H and O–H groups in total. The first-order chi connectivity index (χ1) is 8.49. The van der Waals surface area contributed by atoms with Crippen molar-refractivity contribution in [2.24, 2.45) is 0 Å². The lowest BCUT2D eigenvalue weighted by Gasteiger charge is -2.06. The molecule has 0 aliphatic heterocycles. The molecule has 0 atom stereocenters. The van der Waals surface area contributed by atoms with Crippen molar-refractivity contribution in [2.45, 2.75) is 0 Å². The maximum Gasteiger partial charge on any atom is 0.337 e. The van der Waals surface area contributed by atoms with Crippen LogP contribution in [0.1, 0.15) is 10.4 Å². The Kier molecular flexibility index (Phi) is 3.21. The molecule has 0 aromatic heterocycles. The van der Waals surface area contributed by atoms with E-state index < -0.39 is 11.8 Å². The molecule has 18 heavy (non-hydrogen) atoms. The lowest BCUT2D eigenvalue weighted by atomic mass is 10.0. The Morgan fingerprint density at radius 1 is 1.17 bits per heavy atom. The van der Waals surface area contributed by atoms with E-state index in [0.29, 0.717) is 11.1 Å². The summed E-state index contributed by atoms with van der Waals surface area (Å²) in [6, 6.07) is 8.81. The molecule has 0 spiro atoms. The van der Waals surface area contributed by atoms with E-state index in [-0.39, 0.29) is 16.3 Å². The fourth-order valence-electron chi connectivity index (χ4n) is 1.61. The van der Waals surface area contributed by atoms with Crippen LogP contribution in [0.2, 0.25) is 5.02 Å². The van der Waals surface area contributed by atoms with E-state index in [1.807, 2.05) is 0 Å². The van der Waals surface area contributed by atoms with Crippen molar-refractivity contribution in [3.63, 3.8) is 0 Å². The van der Waals surface area contributed by atoms with Gasteiger partial charge in [0.25, 0.3) is 0 Å². The van der Waals surface area contributed by atoms with Crippen LogP contribution in [0.3, 0.4) is 0 Å². The van der Waals surface area contributed by atoms with Crippen molar-refractivity contribution < 1.29 is 14.3 Å². The van der Waals surface area contributed by atoms with Gasteiger partial charge in [0.15, 0.2) is 0 Å². The number of nitrogen functional groups attached to an aromatic ring is 1. The standard InChI is InChI=1S/C13H9ClFNO2/c14-10-4-2-7(5-11(10)15)8-1-3-9(13(17)18)12(16)6-8/h1-6H,16H2,(H,17,18). The SMILES string of the molecule is Nc1cc(-c2ccc(Cl)c(F)c2)ccc1C(=O)O. The van der Waals surface area contributed by atoms with Crippen LogP contribution in [-0.4, -0.2) is 11.1 Å². The number of carboxylic acids is 1. The molecule has 0 radical (unpaired) electrons. The molecular formula is C13H9ClFNO2. The normalized spacial score (nSPS) is 10.3. The fraction of sp³-hybridized carbons (Fsp3) is 0. The van der Waals surface area contributed by atoms with Crippen LogP contribution < -0.4 is 5.73 Å². The van der Waals surface area contributed by atoms with Crippen LogP contribution in [0.15, 0.2) is 36.4 Å². The summed E-state index contributed by atoms with van der Waals surface area (Å²) in [6.07, 6.45) is 0. The van der Waals surface area contributed by atoms with Crippen LogP contribution in [0, 0.1) is 5.82 Å². The van der Waals surface area contributed by atoms with Gasteiger partial charge in [-0.3, -0.25) is 0 Å². The highest BCUT2D eigenvalue weighted by Gasteiger charge is 2.09. The van der Waals surface area contributed by atoms with Gasteiger partial charge in [0.1, 0.15) is 5.82 Å². The summed E-state index contributed by atoms with van der Waals surface area (Å²) in [5.74, 6) is -1.63. The number of hydrogen-bond donors (Lipinski definition) is 2. The second kappa shape index (κ2) is 4.66. The monoisotopic (exact) mass is 265 g/mol. The molecule has 0 aliphatic carbocycles. The Balaban J connectivity index is 2.48. The highest BCUT2D eigenvalue weighted by molar-refractivity contribution is 6.30.